The van der Waals surface area contributed by atoms with Crippen LogP contribution in [0.3, 0.4) is 0 Å². The highest BCUT2D eigenvalue weighted by Crippen LogP contribution is 2.14. The van der Waals surface area contributed by atoms with E-state index in [1.807, 2.05) is 6.92 Å². The summed E-state index contributed by atoms with van der Waals surface area (Å²) >= 11 is 0. The Morgan fingerprint density at radius 3 is 2.83 bits per heavy atom. The summed E-state index contributed by atoms with van der Waals surface area (Å²) in [6.07, 6.45) is 3.44. The van der Waals surface area contributed by atoms with Crippen LogP contribution in [0.15, 0.2) is 23.1 Å². The normalized spacial score (nSPS) is 16.5. The lowest BCUT2D eigenvalue weighted by Crippen LogP contribution is -2.34. The van der Waals surface area contributed by atoms with Crippen LogP contribution in [0.1, 0.15) is 19.8 Å². The van der Waals surface area contributed by atoms with Gasteiger partial charge in [0, 0.05) is 24.7 Å². The number of anilines is 1. The fourth-order valence-corrected chi connectivity index (χ4v) is 2.18. The lowest BCUT2D eigenvalue weighted by molar-refractivity contribution is -0.120. The monoisotopic (exact) mass is 249 g/mol. The fourth-order valence-electron chi connectivity index (χ4n) is 2.18. The van der Waals surface area contributed by atoms with Crippen molar-refractivity contribution in [3.8, 4) is 0 Å². The van der Waals surface area contributed by atoms with Gasteiger partial charge in [0.2, 0.25) is 5.91 Å². The number of carbonyl (C=O) groups excluding carboxylic acids is 1. The van der Waals surface area contributed by atoms with Crippen LogP contribution < -0.4 is 16.2 Å². The molecule has 2 heterocycles. The molecule has 0 bridgehead atoms. The molecule has 98 valence electrons. The van der Waals surface area contributed by atoms with Gasteiger partial charge in [-0.3, -0.25) is 9.59 Å². The third kappa shape index (κ3) is 2.98. The van der Waals surface area contributed by atoms with Crippen molar-refractivity contribution in [3.05, 3.63) is 28.7 Å². The number of hydrogen-bond acceptors (Lipinski definition) is 3. The standard InChI is InChI=1S/C13H19N3O2/c1-2-16-9-11(3-4-12(16)17)15-13(18)10-5-7-14-8-6-10/h3-4,9-10,14H,2,5-8H2,1H3,(H,15,18). The zero-order valence-electron chi connectivity index (χ0n) is 10.6. The van der Waals surface area contributed by atoms with Gasteiger partial charge in [-0.05, 0) is 38.9 Å². The summed E-state index contributed by atoms with van der Waals surface area (Å²) in [6.45, 7) is 4.30. The van der Waals surface area contributed by atoms with Gasteiger partial charge < -0.3 is 15.2 Å². The van der Waals surface area contributed by atoms with Gasteiger partial charge in [-0.15, -0.1) is 0 Å². The molecular formula is C13H19N3O2. The quantitative estimate of drug-likeness (QED) is 0.833. The molecule has 0 atom stereocenters. The Labute approximate surface area is 106 Å². The molecule has 1 aliphatic heterocycles. The number of aromatic nitrogens is 1. The minimum Gasteiger partial charge on any atom is -0.325 e. The number of aryl methyl sites for hydroxylation is 1. The summed E-state index contributed by atoms with van der Waals surface area (Å²) < 4.78 is 1.58. The molecule has 1 fully saturated rings. The predicted molar refractivity (Wildman–Crippen MR) is 70.6 cm³/mol. The first-order valence-electron chi connectivity index (χ1n) is 6.43. The van der Waals surface area contributed by atoms with Crippen LogP contribution in [0.5, 0.6) is 0 Å². The highest BCUT2D eigenvalue weighted by Gasteiger charge is 2.20. The molecule has 0 saturated carbocycles. The second kappa shape index (κ2) is 5.82. The molecule has 2 N–H and O–H groups in total. The van der Waals surface area contributed by atoms with Crippen molar-refractivity contribution >= 4 is 11.6 Å². The first-order valence-corrected chi connectivity index (χ1v) is 6.43. The van der Waals surface area contributed by atoms with E-state index in [0.717, 1.165) is 25.9 Å². The second-order valence-corrected chi connectivity index (χ2v) is 4.56. The summed E-state index contributed by atoms with van der Waals surface area (Å²) in [5, 5.41) is 6.12. The molecular weight excluding hydrogens is 230 g/mol. The largest absolute Gasteiger partial charge is 0.325 e. The molecule has 2 rings (SSSR count). The zero-order chi connectivity index (χ0) is 13.0. The first-order chi connectivity index (χ1) is 8.70. The lowest BCUT2D eigenvalue weighted by atomic mass is 9.97. The van der Waals surface area contributed by atoms with Crippen LogP contribution in [0.2, 0.25) is 0 Å². The van der Waals surface area contributed by atoms with Crippen molar-refractivity contribution < 1.29 is 4.79 Å². The summed E-state index contributed by atoms with van der Waals surface area (Å²) in [5.74, 6) is 0.131. The van der Waals surface area contributed by atoms with Crippen LogP contribution in [0.25, 0.3) is 0 Å². The number of amides is 1. The van der Waals surface area contributed by atoms with Crippen molar-refractivity contribution in [2.45, 2.75) is 26.3 Å². The van der Waals surface area contributed by atoms with E-state index in [0.29, 0.717) is 12.2 Å². The molecule has 5 nitrogen and oxygen atoms in total. The molecule has 0 aliphatic carbocycles. The van der Waals surface area contributed by atoms with E-state index in [2.05, 4.69) is 10.6 Å². The highest BCUT2D eigenvalue weighted by molar-refractivity contribution is 5.92. The van der Waals surface area contributed by atoms with E-state index in [4.69, 9.17) is 0 Å². The average Bonchev–Trinajstić information content (AvgIpc) is 2.42. The number of carbonyl (C=O) groups is 1. The van der Waals surface area contributed by atoms with Crippen molar-refractivity contribution in [3.63, 3.8) is 0 Å². The maximum Gasteiger partial charge on any atom is 0.250 e. The molecule has 1 amide bonds. The molecule has 18 heavy (non-hydrogen) atoms. The van der Waals surface area contributed by atoms with E-state index < -0.39 is 0 Å². The Kier molecular flexibility index (Phi) is 4.15. The molecule has 0 radical (unpaired) electrons. The van der Waals surface area contributed by atoms with Crippen LogP contribution in [0.4, 0.5) is 5.69 Å². The molecule has 1 aliphatic rings. The third-order valence-electron chi connectivity index (χ3n) is 3.30. The summed E-state index contributed by atoms with van der Waals surface area (Å²) in [5.41, 5.74) is 0.650. The topological polar surface area (TPSA) is 63.1 Å². The molecule has 1 aromatic heterocycles. The van der Waals surface area contributed by atoms with Gasteiger partial charge in [-0.1, -0.05) is 0 Å². The Morgan fingerprint density at radius 1 is 1.44 bits per heavy atom. The predicted octanol–water partition coefficient (Wildman–Crippen LogP) is 0.806. The molecule has 0 unspecified atom stereocenters. The first kappa shape index (κ1) is 12.8. The fraction of sp³-hybridized carbons (Fsp3) is 0.538. The minimum atomic E-state index is -0.0441. The summed E-state index contributed by atoms with van der Waals surface area (Å²) in [4.78, 5) is 23.5. The average molecular weight is 249 g/mol. The molecule has 5 heteroatoms. The molecule has 1 aromatic rings. The molecule has 0 spiro atoms. The van der Waals surface area contributed by atoms with Gasteiger partial charge in [0.1, 0.15) is 0 Å². The van der Waals surface area contributed by atoms with Crippen molar-refractivity contribution in [2.24, 2.45) is 5.92 Å². The number of nitrogens with one attached hydrogen (secondary N) is 2. The van der Waals surface area contributed by atoms with Gasteiger partial charge in [-0.25, -0.2) is 0 Å². The summed E-state index contributed by atoms with van der Waals surface area (Å²) in [6, 6.07) is 3.15. The van der Waals surface area contributed by atoms with Gasteiger partial charge in [-0.2, -0.15) is 0 Å². The number of piperidine rings is 1. The van der Waals surface area contributed by atoms with Crippen molar-refractivity contribution in [2.75, 3.05) is 18.4 Å². The van der Waals surface area contributed by atoms with E-state index in [1.54, 1.807) is 16.8 Å². The third-order valence-corrected chi connectivity index (χ3v) is 3.30. The number of pyridine rings is 1. The van der Waals surface area contributed by atoms with Gasteiger partial charge in [0.25, 0.3) is 5.56 Å². The number of rotatable bonds is 3. The number of nitrogens with zero attached hydrogens (tertiary/aromatic N) is 1. The molecule has 0 aromatic carbocycles. The SMILES string of the molecule is CCn1cc(NC(=O)C2CCNCC2)ccc1=O. The number of hydrogen-bond donors (Lipinski definition) is 2. The van der Waals surface area contributed by atoms with E-state index >= 15 is 0 Å². The van der Waals surface area contributed by atoms with Gasteiger partial charge in [0.05, 0.1) is 5.69 Å². The summed E-state index contributed by atoms with van der Waals surface area (Å²) in [7, 11) is 0. The maximum absolute atomic E-state index is 12.0. The van der Waals surface area contributed by atoms with Crippen LogP contribution in [-0.2, 0) is 11.3 Å². The molecule has 1 saturated heterocycles. The van der Waals surface area contributed by atoms with Crippen LogP contribution in [0, 0.1) is 5.92 Å². The van der Waals surface area contributed by atoms with Crippen molar-refractivity contribution in [1.29, 1.82) is 0 Å². The van der Waals surface area contributed by atoms with E-state index in [-0.39, 0.29) is 17.4 Å². The minimum absolute atomic E-state index is 0.0441. The van der Waals surface area contributed by atoms with Gasteiger partial charge >= 0.3 is 0 Å². The van der Waals surface area contributed by atoms with Crippen molar-refractivity contribution in [1.82, 2.24) is 9.88 Å². The Balaban J connectivity index is 2.04. The lowest BCUT2D eigenvalue weighted by Gasteiger charge is -2.21. The van der Waals surface area contributed by atoms with E-state index in [1.165, 1.54) is 6.07 Å². The maximum atomic E-state index is 12.0. The van der Waals surface area contributed by atoms with Gasteiger partial charge in [0.15, 0.2) is 0 Å². The second-order valence-electron chi connectivity index (χ2n) is 4.56. The highest BCUT2D eigenvalue weighted by atomic mass is 16.2. The Bertz CT molecular complexity index is 475. The Hall–Kier alpha value is -1.62. The smallest absolute Gasteiger partial charge is 0.250 e. The van der Waals surface area contributed by atoms with Crippen LogP contribution in [-0.4, -0.2) is 23.6 Å². The zero-order valence-corrected chi connectivity index (χ0v) is 10.6. The van der Waals surface area contributed by atoms with Crippen LogP contribution >= 0.6 is 0 Å². The Morgan fingerprint density at radius 2 is 2.17 bits per heavy atom. The van der Waals surface area contributed by atoms with E-state index in [9.17, 15) is 9.59 Å².